The number of hydrogen-bond donors (Lipinski definition) is 1. The van der Waals surface area contributed by atoms with Crippen LogP contribution in [0, 0.1) is 0 Å². The second-order valence-electron chi connectivity index (χ2n) is 4.88. The van der Waals surface area contributed by atoms with Gasteiger partial charge in [-0.1, -0.05) is 30.3 Å². The normalized spacial score (nSPS) is 19.6. The van der Waals surface area contributed by atoms with Gasteiger partial charge in [-0.3, -0.25) is 14.5 Å². The highest BCUT2D eigenvalue weighted by atomic mass is 16.5. The molecule has 1 atom stereocenters. The van der Waals surface area contributed by atoms with E-state index in [2.05, 4.69) is 5.32 Å². The number of Topliss-reactive ketones (excluding diaryl/α,β-unsaturated/α-hetero) is 1. The molecule has 1 unspecified atom stereocenters. The molecule has 1 aromatic rings. The van der Waals surface area contributed by atoms with Gasteiger partial charge in [-0.25, -0.2) is 0 Å². The molecule has 20 heavy (non-hydrogen) atoms. The lowest BCUT2D eigenvalue weighted by Crippen LogP contribution is -2.54. The number of ketones is 1. The van der Waals surface area contributed by atoms with Crippen molar-refractivity contribution in [3.8, 4) is 0 Å². The van der Waals surface area contributed by atoms with Gasteiger partial charge in [-0.15, -0.1) is 0 Å². The predicted molar refractivity (Wildman–Crippen MR) is 75.4 cm³/mol. The summed E-state index contributed by atoms with van der Waals surface area (Å²) in [7, 11) is 1.60. The lowest BCUT2D eigenvalue weighted by molar-refractivity contribution is -0.134. The molecule has 5 nitrogen and oxygen atoms in total. The zero-order valence-electron chi connectivity index (χ0n) is 11.7. The molecule has 0 spiro atoms. The van der Waals surface area contributed by atoms with E-state index in [1.165, 1.54) is 0 Å². The molecule has 0 bridgehead atoms. The average Bonchev–Trinajstić information content (AvgIpc) is 2.48. The van der Waals surface area contributed by atoms with Crippen LogP contribution in [0.5, 0.6) is 0 Å². The minimum atomic E-state index is -0.367. The third kappa shape index (κ3) is 3.88. The summed E-state index contributed by atoms with van der Waals surface area (Å²) in [6.45, 7) is 1.80. The smallest absolute Gasteiger partial charge is 0.239 e. The zero-order valence-corrected chi connectivity index (χ0v) is 11.7. The maximum atomic E-state index is 12.1. The fourth-order valence-electron chi connectivity index (χ4n) is 2.34. The molecule has 0 saturated carbocycles. The van der Waals surface area contributed by atoms with Gasteiger partial charge in [0.1, 0.15) is 6.04 Å². The number of carbonyl (C=O) groups excluding carboxylic acids is 2. The van der Waals surface area contributed by atoms with Gasteiger partial charge in [0.25, 0.3) is 0 Å². The van der Waals surface area contributed by atoms with Crippen molar-refractivity contribution in [2.75, 3.05) is 33.4 Å². The van der Waals surface area contributed by atoms with Gasteiger partial charge in [0.15, 0.2) is 5.78 Å². The summed E-state index contributed by atoms with van der Waals surface area (Å²) in [5.41, 5.74) is 1.00. The summed E-state index contributed by atoms with van der Waals surface area (Å²) in [6, 6.07) is 9.28. The maximum absolute atomic E-state index is 12.1. The number of amides is 1. The second kappa shape index (κ2) is 7.17. The molecule has 1 saturated heterocycles. The van der Waals surface area contributed by atoms with Crippen molar-refractivity contribution < 1.29 is 14.3 Å². The fourth-order valence-corrected chi connectivity index (χ4v) is 2.34. The predicted octanol–water partition coefficient (Wildman–Crippen LogP) is 0.245. The van der Waals surface area contributed by atoms with Gasteiger partial charge in [-0.2, -0.15) is 0 Å². The first kappa shape index (κ1) is 14.7. The van der Waals surface area contributed by atoms with Crippen molar-refractivity contribution in [1.82, 2.24) is 10.2 Å². The number of nitrogens with zero attached hydrogens (tertiary/aromatic N) is 1. The second-order valence-corrected chi connectivity index (χ2v) is 4.88. The van der Waals surface area contributed by atoms with Gasteiger partial charge < -0.3 is 10.1 Å². The summed E-state index contributed by atoms with van der Waals surface area (Å²) in [5.74, 6) is 0.0178. The Bertz CT molecular complexity index is 461. The van der Waals surface area contributed by atoms with Gasteiger partial charge in [0, 0.05) is 20.0 Å². The van der Waals surface area contributed by atoms with Gasteiger partial charge in [0.05, 0.1) is 19.8 Å². The highest BCUT2D eigenvalue weighted by Gasteiger charge is 2.29. The first-order valence-electron chi connectivity index (χ1n) is 6.79. The number of ether oxygens (including phenoxy) is 1. The Morgan fingerprint density at radius 2 is 2.10 bits per heavy atom. The van der Waals surface area contributed by atoms with Crippen LogP contribution in [0.4, 0.5) is 0 Å². The molecule has 1 heterocycles. The van der Waals surface area contributed by atoms with E-state index in [0.717, 1.165) is 5.56 Å². The molecule has 0 aromatic heterocycles. The Labute approximate surface area is 118 Å². The van der Waals surface area contributed by atoms with Gasteiger partial charge in [0.2, 0.25) is 5.91 Å². The van der Waals surface area contributed by atoms with Crippen molar-refractivity contribution in [3.05, 3.63) is 35.9 Å². The van der Waals surface area contributed by atoms with Crippen LogP contribution in [0.25, 0.3) is 0 Å². The average molecular weight is 276 g/mol. The molecule has 1 amide bonds. The van der Waals surface area contributed by atoms with Crippen molar-refractivity contribution >= 4 is 11.7 Å². The monoisotopic (exact) mass is 276 g/mol. The summed E-state index contributed by atoms with van der Waals surface area (Å²) in [6.07, 6.45) is 0.401. The third-order valence-corrected chi connectivity index (χ3v) is 3.41. The highest BCUT2D eigenvalue weighted by molar-refractivity contribution is 5.85. The van der Waals surface area contributed by atoms with Crippen LogP contribution >= 0.6 is 0 Å². The number of rotatable bonds is 5. The van der Waals surface area contributed by atoms with Crippen molar-refractivity contribution in [2.24, 2.45) is 0 Å². The Morgan fingerprint density at radius 3 is 2.80 bits per heavy atom. The summed E-state index contributed by atoms with van der Waals surface area (Å²) < 4.78 is 5.32. The number of nitrogens with one attached hydrogen (secondary N) is 1. The first-order chi connectivity index (χ1) is 9.70. The Balaban J connectivity index is 1.93. The Hall–Kier alpha value is -1.72. The number of likely N-dealkylation sites (N-methyl/N-ethyl adjacent to an activating group) is 1. The van der Waals surface area contributed by atoms with E-state index in [4.69, 9.17) is 4.74 Å². The fraction of sp³-hybridized carbons (Fsp3) is 0.467. The van der Waals surface area contributed by atoms with Crippen molar-refractivity contribution in [1.29, 1.82) is 0 Å². The van der Waals surface area contributed by atoms with Crippen molar-refractivity contribution in [3.63, 3.8) is 0 Å². The number of hydrogen-bond acceptors (Lipinski definition) is 4. The summed E-state index contributed by atoms with van der Waals surface area (Å²) in [5, 5.41) is 2.62. The Kier molecular flexibility index (Phi) is 5.26. The molecule has 5 heteroatoms. The standard InChI is InChI=1S/C15H20N2O3/c1-16-15(19)14-11-20-8-7-17(14)10-13(18)9-12-5-3-2-4-6-12/h2-6,14H,7-11H2,1H3,(H,16,19). The zero-order chi connectivity index (χ0) is 14.4. The third-order valence-electron chi connectivity index (χ3n) is 3.41. The summed E-state index contributed by atoms with van der Waals surface area (Å²) >= 11 is 0. The van der Waals surface area contributed by atoms with E-state index in [1.54, 1.807) is 7.05 Å². The lowest BCUT2D eigenvalue weighted by atomic mass is 10.1. The first-order valence-corrected chi connectivity index (χ1v) is 6.79. The molecule has 1 aliphatic heterocycles. The minimum absolute atomic E-state index is 0.0998. The van der Waals surface area contributed by atoms with Crippen LogP contribution in [0.3, 0.4) is 0 Å². The van der Waals surface area contributed by atoms with E-state index in [9.17, 15) is 9.59 Å². The van der Waals surface area contributed by atoms with Gasteiger partial charge in [-0.05, 0) is 5.56 Å². The quantitative estimate of drug-likeness (QED) is 0.837. The van der Waals surface area contributed by atoms with Crippen molar-refractivity contribution in [2.45, 2.75) is 12.5 Å². The SMILES string of the molecule is CNC(=O)C1COCCN1CC(=O)Cc1ccccc1. The van der Waals surface area contributed by atoms with Crippen LogP contribution in [0.15, 0.2) is 30.3 Å². The number of morpholine rings is 1. The molecule has 0 aliphatic carbocycles. The van der Waals surface area contributed by atoms with E-state index in [0.29, 0.717) is 26.2 Å². The largest absolute Gasteiger partial charge is 0.378 e. The summed E-state index contributed by atoms with van der Waals surface area (Å²) in [4.78, 5) is 25.8. The molecule has 1 fully saturated rings. The molecular formula is C15H20N2O3. The minimum Gasteiger partial charge on any atom is -0.378 e. The molecule has 2 rings (SSSR count). The molecule has 1 aliphatic rings. The van der Waals surface area contributed by atoms with Crippen LogP contribution in [0.2, 0.25) is 0 Å². The van der Waals surface area contributed by atoms with Crippen LogP contribution < -0.4 is 5.32 Å². The highest BCUT2D eigenvalue weighted by Crippen LogP contribution is 2.08. The van der Waals surface area contributed by atoms with Gasteiger partial charge >= 0.3 is 0 Å². The van der Waals surface area contributed by atoms with Crippen LogP contribution in [-0.2, 0) is 20.7 Å². The molecule has 108 valence electrons. The molecular weight excluding hydrogens is 256 g/mol. The van der Waals surface area contributed by atoms with Crippen LogP contribution in [0.1, 0.15) is 5.56 Å². The number of benzene rings is 1. The molecule has 1 aromatic carbocycles. The molecule has 1 N–H and O–H groups in total. The molecule has 0 radical (unpaired) electrons. The van der Waals surface area contributed by atoms with E-state index >= 15 is 0 Å². The maximum Gasteiger partial charge on any atom is 0.239 e. The van der Waals surface area contributed by atoms with Crippen LogP contribution in [-0.4, -0.2) is 56.0 Å². The van der Waals surface area contributed by atoms with E-state index in [-0.39, 0.29) is 24.3 Å². The number of carbonyl (C=O) groups is 2. The van der Waals surface area contributed by atoms with E-state index < -0.39 is 0 Å². The lowest BCUT2D eigenvalue weighted by Gasteiger charge is -2.33. The van der Waals surface area contributed by atoms with E-state index in [1.807, 2.05) is 35.2 Å². The Morgan fingerprint density at radius 1 is 1.35 bits per heavy atom. The topological polar surface area (TPSA) is 58.6 Å².